The Balaban J connectivity index is 1.53. The fourth-order valence-corrected chi connectivity index (χ4v) is 2.40. The zero-order valence-electron chi connectivity index (χ0n) is 11.3. The molecule has 6 heteroatoms. The summed E-state index contributed by atoms with van der Waals surface area (Å²) in [4.78, 5) is 9.24. The molecule has 0 spiro atoms. The first kappa shape index (κ1) is 12.4. The smallest absolute Gasteiger partial charge is 0.152 e. The normalized spacial score (nSPS) is 17.9. The Kier molecular flexibility index (Phi) is 3.61. The van der Waals surface area contributed by atoms with Crippen molar-refractivity contribution in [1.29, 1.82) is 0 Å². The SMILES string of the molecule is CN1CCN(CCNc2nccn3nccc23)CC1. The van der Waals surface area contributed by atoms with Crippen LogP contribution in [-0.2, 0) is 0 Å². The molecule has 3 heterocycles. The lowest BCUT2D eigenvalue weighted by atomic mass is 10.3. The summed E-state index contributed by atoms with van der Waals surface area (Å²) in [5.74, 6) is 0.911. The highest BCUT2D eigenvalue weighted by atomic mass is 15.3. The minimum absolute atomic E-state index is 0.911. The van der Waals surface area contributed by atoms with Crippen molar-refractivity contribution in [2.24, 2.45) is 0 Å². The van der Waals surface area contributed by atoms with E-state index in [-0.39, 0.29) is 0 Å². The summed E-state index contributed by atoms with van der Waals surface area (Å²) < 4.78 is 1.84. The van der Waals surface area contributed by atoms with Crippen LogP contribution in [0, 0.1) is 0 Å². The summed E-state index contributed by atoms with van der Waals surface area (Å²) in [6, 6.07) is 1.98. The van der Waals surface area contributed by atoms with Gasteiger partial charge in [-0.1, -0.05) is 0 Å². The van der Waals surface area contributed by atoms with E-state index in [4.69, 9.17) is 0 Å². The molecule has 6 nitrogen and oxygen atoms in total. The van der Waals surface area contributed by atoms with Crippen LogP contribution in [0.15, 0.2) is 24.7 Å². The highest BCUT2D eigenvalue weighted by molar-refractivity contribution is 5.66. The number of likely N-dealkylation sites (N-methyl/N-ethyl adjacent to an activating group) is 1. The number of nitrogens with one attached hydrogen (secondary N) is 1. The lowest BCUT2D eigenvalue weighted by Crippen LogP contribution is -2.45. The predicted molar refractivity (Wildman–Crippen MR) is 75.4 cm³/mol. The van der Waals surface area contributed by atoms with Crippen LogP contribution in [0.1, 0.15) is 0 Å². The lowest BCUT2D eigenvalue weighted by Gasteiger charge is -2.32. The molecule has 2 aromatic heterocycles. The van der Waals surface area contributed by atoms with Crippen molar-refractivity contribution < 1.29 is 0 Å². The number of piperazine rings is 1. The van der Waals surface area contributed by atoms with Gasteiger partial charge in [0.1, 0.15) is 5.52 Å². The second-order valence-corrected chi connectivity index (χ2v) is 5.01. The molecule has 0 saturated carbocycles. The molecule has 0 radical (unpaired) electrons. The molecule has 19 heavy (non-hydrogen) atoms. The first-order chi connectivity index (χ1) is 9.33. The molecule has 1 N–H and O–H groups in total. The van der Waals surface area contributed by atoms with Crippen LogP contribution in [0.2, 0.25) is 0 Å². The van der Waals surface area contributed by atoms with E-state index >= 15 is 0 Å². The molecule has 1 aliphatic heterocycles. The fourth-order valence-electron chi connectivity index (χ4n) is 2.40. The molecular formula is C13H20N6. The monoisotopic (exact) mass is 260 g/mol. The Morgan fingerprint density at radius 3 is 2.89 bits per heavy atom. The van der Waals surface area contributed by atoms with Gasteiger partial charge < -0.3 is 10.2 Å². The summed E-state index contributed by atoms with van der Waals surface area (Å²) in [7, 11) is 2.18. The highest BCUT2D eigenvalue weighted by Gasteiger charge is 2.13. The Bertz CT molecular complexity index is 529. The lowest BCUT2D eigenvalue weighted by molar-refractivity contribution is 0.158. The van der Waals surface area contributed by atoms with Gasteiger partial charge in [-0.3, -0.25) is 4.90 Å². The van der Waals surface area contributed by atoms with E-state index in [1.165, 1.54) is 0 Å². The predicted octanol–water partition coefficient (Wildman–Crippen LogP) is 0.389. The van der Waals surface area contributed by atoms with Crippen molar-refractivity contribution in [2.45, 2.75) is 0 Å². The Labute approximate surface area is 113 Å². The van der Waals surface area contributed by atoms with Gasteiger partial charge in [-0.15, -0.1) is 0 Å². The first-order valence-corrected chi connectivity index (χ1v) is 6.76. The molecule has 2 aromatic rings. The maximum Gasteiger partial charge on any atom is 0.152 e. The average Bonchev–Trinajstić information content (AvgIpc) is 2.90. The largest absolute Gasteiger partial charge is 0.367 e. The van der Waals surface area contributed by atoms with E-state index in [1.54, 1.807) is 12.4 Å². The summed E-state index contributed by atoms with van der Waals surface area (Å²) >= 11 is 0. The van der Waals surface area contributed by atoms with Gasteiger partial charge in [-0.2, -0.15) is 5.10 Å². The number of hydrogen-bond donors (Lipinski definition) is 1. The molecule has 1 saturated heterocycles. The van der Waals surface area contributed by atoms with Crippen molar-refractivity contribution in [2.75, 3.05) is 51.6 Å². The van der Waals surface area contributed by atoms with Crippen molar-refractivity contribution in [3.8, 4) is 0 Å². The van der Waals surface area contributed by atoms with E-state index in [1.807, 2.05) is 16.8 Å². The first-order valence-electron chi connectivity index (χ1n) is 6.76. The van der Waals surface area contributed by atoms with Gasteiger partial charge in [0, 0.05) is 51.7 Å². The standard InChI is InChI=1S/C13H20N6/c1-17-8-10-18(11-9-17)6-4-14-13-12-2-3-16-19(12)7-5-15-13/h2-3,5,7H,4,6,8-11H2,1H3,(H,14,15). The minimum atomic E-state index is 0.911. The Morgan fingerprint density at radius 2 is 2.05 bits per heavy atom. The topological polar surface area (TPSA) is 48.7 Å². The molecule has 1 fully saturated rings. The second-order valence-electron chi connectivity index (χ2n) is 5.01. The summed E-state index contributed by atoms with van der Waals surface area (Å²) in [6.45, 7) is 6.62. The Morgan fingerprint density at radius 1 is 1.21 bits per heavy atom. The van der Waals surface area contributed by atoms with Crippen molar-refractivity contribution >= 4 is 11.3 Å². The number of hydrogen-bond acceptors (Lipinski definition) is 5. The molecule has 0 aliphatic carbocycles. The molecule has 3 rings (SSSR count). The molecular weight excluding hydrogens is 240 g/mol. The zero-order valence-corrected chi connectivity index (χ0v) is 11.3. The van der Waals surface area contributed by atoms with Crippen molar-refractivity contribution in [1.82, 2.24) is 24.4 Å². The van der Waals surface area contributed by atoms with Gasteiger partial charge in [-0.25, -0.2) is 9.50 Å². The van der Waals surface area contributed by atoms with Crippen LogP contribution < -0.4 is 5.32 Å². The van der Waals surface area contributed by atoms with Gasteiger partial charge in [0.25, 0.3) is 0 Å². The van der Waals surface area contributed by atoms with E-state index in [0.717, 1.165) is 50.6 Å². The third kappa shape index (κ3) is 2.85. The van der Waals surface area contributed by atoms with Gasteiger partial charge in [0.15, 0.2) is 5.82 Å². The number of anilines is 1. The van der Waals surface area contributed by atoms with E-state index < -0.39 is 0 Å². The zero-order chi connectivity index (χ0) is 13.1. The van der Waals surface area contributed by atoms with Crippen LogP contribution in [0.4, 0.5) is 5.82 Å². The molecule has 0 atom stereocenters. The summed E-state index contributed by atoms with van der Waals surface area (Å²) in [6.07, 6.45) is 5.43. The maximum absolute atomic E-state index is 4.38. The number of nitrogens with zero attached hydrogens (tertiary/aromatic N) is 5. The number of rotatable bonds is 4. The van der Waals surface area contributed by atoms with Gasteiger partial charge >= 0.3 is 0 Å². The van der Waals surface area contributed by atoms with E-state index in [2.05, 4.69) is 32.2 Å². The quantitative estimate of drug-likeness (QED) is 0.862. The summed E-state index contributed by atoms with van der Waals surface area (Å²) in [5, 5.41) is 7.61. The van der Waals surface area contributed by atoms with Crippen molar-refractivity contribution in [3.63, 3.8) is 0 Å². The van der Waals surface area contributed by atoms with E-state index in [0.29, 0.717) is 0 Å². The van der Waals surface area contributed by atoms with Crippen LogP contribution in [-0.4, -0.2) is 70.7 Å². The van der Waals surface area contributed by atoms with Crippen LogP contribution in [0.3, 0.4) is 0 Å². The molecule has 0 unspecified atom stereocenters. The second kappa shape index (κ2) is 5.54. The van der Waals surface area contributed by atoms with E-state index in [9.17, 15) is 0 Å². The molecule has 0 bridgehead atoms. The van der Waals surface area contributed by atoms with Gasteiger partial charge in [0.05, 0.1) is 6.20 Å². The Hall–Kier alpha value is -1.66. The maximum atomic E-state index is 4.38. The number of aromatic nitrogens is 3. The molecule has 1 aliphatic rings. The van der Waals surface area contributed by atoms with Gasteiger partial charge in [0.2, 0.25) is 0 Å². The fraction of sp³-hybridized carbons (Fsp3) is 0.538. The van der Waals surface area contributed by atoms with Crippen LogP contribution >= 0.6 is 0 Å². The summed E-state index contributed by atoms with van der Waals surface area (Å²) in [5.41, 5.74) is 1.03. The molecule has 102 valence electrons. The van der Waals surface area contributed by atoms with Gasteiger partial charge in [-0.05, 0) is 13.1 Å². The van der Waals surface area contributed by atoms with Crippen molar-refractivity contribution in [3.05, 3.63) is 24.7 Å². The molecule has 0 amide bonds. The molecule has 0 aromatic carbocycles. The highest BCUT2D eigenvalue weighted by Crippen LogP contribution is 2.11. The average molecular weight is 260 g/mol. The number of fused-ring (bicyclic) bond motifs is 1. The van der Waals surface area contributed by atoms with Crippen LogP contribution in [0.5, 0.6) is 0 Å². The third-order valence-corrected chi connectivity index (χ3v) is 3.64. The third-order valence-electron chi connectivity index (χ3n) is 3.64. The minimum Gasteiger partial charge on any atom is -0.367 e. The van der Waals surface area contributed by atoms with Crippen LogP contribution in [0.25, 0.3) is 5.52 Å².